The Balaban J connectivity index is 2.10. The van der Waals surface area contributed by atoms with Crippen molar-refractivity contribution >= 4 is 17.4 Å². The van der Waals surface area contributed by atoms with E-state index in [1.807, 2.05) is 0 Å². The summed E-state index contributed by atoms with van der Waals surface area (Å²) >= 11 is -1.86. The van der Waals surface area contributed by atoms with Crippen LogP contribution in [0, 0.1) is 0 Å². The second-order valence-electron chi connectivity index (χ2n) is 3.23. The van der Waals surface area contributed by atoms with Crippen molar-refractivity contribution in [3.8, 4) is 0 Å². The Morgan fingerprint density at radius 2 is 2.36 bits per heavy atom. The van der Waals surface area contributed by atoms with Crippen molar-refractivity contribution < 1.29 is 23.0 Å². The molecule has 6 nitrogen and oxygen atoms in total. The zero-order valence-electron chi connectivity index (χ0n) is 7.42. The van der Waals surface area contributed by atoms with E-state index in [2.05, 4.69) is 0 Å². The van der Waals surface area contributed by atoms with Crippen molar-refractivity contribution in [2.45, 2.75) is 25.0 Å². The van der Waals surface area contributed by atoms with Crippen LogP contribution in [0.5, 0.6) is 0 Å². The normalized spacial score (nSPS) is 37.7. The van der Waals surface area contributed by atoms with Crippen LogP contribution in [0.1, 0.15) is 12.8 Å². The number of ether oxygens (including phenoxy) is 1. The first-order valence-electron chi connectivity index (χ1n) is 4.39. The summed E-state index contributed by atoms with van der Waals surface area (Å²) in [5.74, 6) is 0. The molecule has 7 heteroatoms. The zero-order valence-corrected chi connectivity index (χ0v) is 8.24. The Kier molecular flexibility index (Phi) is 2.71. The highest BCUT2D eigenvalue weighted by molar-refractivity contribution is 7.78. The molecule has 0 aromatic rings. The highest BCUT2D eigenvalue weighted by Gasteiger charge is 2.43. The second kappa shape index (κ2) is 3.84. The first kappa shape index (κ1) is 9.88. The topological polar surface area (TPSA) is 76.1 Å². The maximum Gasteiger partial charge on any atom is 0.421 e. The molecule has 2 aliphatic heterocycles. The van der Waals surface area contributed by atoms with Gasteiger partial charge >= 0.3 is 6.09 Å². The quantitative estimate of drug-likeness (QED) is 0.680. The molecule has 2 saturated heterocycles. The van der Waals surface area contributed by atoms with Gasteiger partial charge in [-0.1, -0.05) is 0 Å². The number of hydrogen-bond acceptors (Lipinski definition) is 4. The van der Waals surface area contributed by atoms with Gasteiger partial charge in [0.15, 0.2) is 0 Å². The Morgan fingerprint density at radius 1 is 1.57 bits per heavy atom. The standard InChI is InChI=1S/C7H11NO5S/c9-7(10)8-5(4-13-14(8)11)6-2-1-3-12-6/h5-6H,1-4H2,(H,9,10)/t5-,6?,14?/m1/s1. The second-order valence-corrected chi connectivity index (χ2v) is 4.29. The van der Waals surface area contributed by atoms with Crippen molar-refractivity contribution in [2.75, 3.05) is 13.2 Å². The Hall–Kier alpha value is -0.660. The molecule has 0 aromatic carbocycles. The molecule has 2 aliphatic rings. The van der Waals surface area contributed by atoms with Gasteiger partial charge in [0.2, 0.25) is 0 Å². The molecule has 2 heterocycles. The van der Waals surface area contributed by atoms with E-state index >= 15 is 0 Å². The van der Waals surface area contributed by atoms with Crippen LogP contribution in [-0.4, -0.2) is 45.1 Å². The van der Waals surface area contributed by atoms with Gasteiger partial charge in [-0.2, -0.15) is 4.31 Å². The predicted octanol–water partition coefficient (Wildman–Crippen LogP) is 0.123. The number of rotatable bonds is 1. The third kappa shape index (κ3) is 1.62. The van der Waals surface area contributed by atoms with Gasteiger partial charge in [-0.15, -0.1) is 0 Å². The summed E-state index contributed by atoms with van der Waals surface area (Å²) in [5.41, 5.74) is 0. The molecule has 2 fully saturated rings. The fourth-order valence-electron chi connectivity index (χ4n) is 1.73. The molecule has 14 heavy (non-hydrogen) atoms. The van der Waals surface area contributed by atoms with E-state index in [0.717, 1.165) is 17.1 Å². The van der Waals surface area contributed by atoms with Crippen LogP contribution < -0.4 is 0 Å². The van der Waals surface area contributed by atoms with E-state index in [1.165, 1.54) is 0 Å². The number of amides is 1. The summed E-state index contributed by atoms with van der Waals surface area (Å²) in [6, 6.07) is -0.421. The largest absolute Gasteiger partial charge is 0.464 e. The van der Waals surface area contributed by atoms with Crippen molar-refractivity contribution in [3.05, 3.63) is 0 Å². The molecule has 3 atom stereocenters. The van der Waals surface area contributed by atoms with Crippen molar-refractivity contribution in [1.29, 1.82) is 0 Å². The minimum atomic E-state index is -1.86. The van der Waals surface area contributed by atoms with Gasteiger partial charge in [-0.25, -0.2) is 9.00 Å². The van der Waals surface area contributed by atoms with Crippen LogP contribution in [0.4, 0.5) is 4.79 Å². The minimum absolute atomic E-state index is 0.156. The fraction of sp³-hybridized carbons (Fsp3) is 0.857. The van der Waals surface area contributed by atoms with Gasteiger partial charge in [0.25, 0.3) is 11.3 Å². The first-order valence-corrected chi connectivity index (χ1v) is 5.42. The van der Waals surface area contributed by atoms with Gasteiger partial charge in [0.1, 0.15) is 6.04 Å². The van der Waals surface area contributed by atoms with Gasteiger partial charge in [-0.05, 0) is 12.8 Å². The van der Waals surface area contributed by atoms with Crippen LogP contribution >= 0.6 is 0 Å². The highest BCUT2D eigenvalue weighted by Crippen LogP contribution is 2.25. The number of hydrogen-bond donors (Lipinski definition) is 1. The van der Waals surface area contributed by atoms with Crippen molar-refractivity contribution in [1.82, 2.24) is 4.31 Å². The summed E-state index contributed by atoms with van der Waals surface area (Å²) in [6.07, 6.45) is 0.329. The van der Waals surface area contributed by atoms with E-state index in [1.54, 1.807) is 0 Å². The lowest BCUT2D eigenvalue weighted by molar-refractivity contribution is 0.0528. The lowest BCUT2D eigenvalue weighted by Crippen LogP contribution is -2.43. The monoisotopic (exact) mass is 221 g/mol. The van der Waals surface area contributed by atoms with Crippen molar-refractivity contribution in [2.24, 2.45) is 0 Å². The third-order valence-corrected chi connectivity index (χ3v) is 3.47. The average Bonchev–Trinajstić information content (AvgIpc) is 2.70. The predicted molar refractivity (Wildman–Crippen MR) is 46.7 cm³/mol. The molecule has 2 unspecified atom stereocenters. The maximum absolute atomic E-state index is 11.2. The number of carbonyl (C=O) groups is 1. The molecular weight excluding hydrogens is 210 g/mol. The summed E-state index contributed by atoms with van der Waals surface area (Å²) in [5, 5.41) is 8.81. The van der Waals surface area contributed by atoms with Gasteiger partial charge < -0.3 is 9.84 Å². The zero-order chi connectivity index (χ0) is 10.1. The smallest absolute Gasteiger partial charge is 0.421 e. The molecule has 0 radical (unpaired) electrons. The van der Waals surface area contributed by atoms with Gasteiger partial charge in [0.05, 0.1) is 12.7 Å². The average molecular weight is 221 g/mol. The van der Waals surface area contributed by atoms with Crippen LogP contribution in [0.25, 0.3) is 0 Å². The molecule has 0 aromatic heterocycles. The third-order valence-electron chi connectivity index (χ3n) is 2.38. The van der Waals surface area contributed by atoms with Crippen LogP contribution in [0.2, 0.25) is 0 Å². The molecular formula is C7H11NO5S. The molecule has 2 rings (SSSR count). The van der Waals surface area contributed by atoms with E-state index in [4.69, 9.17) is 14.0 Å². The fourth-order valence-corrected chi connectivity index (χ4v) is 2.65. The SMILES string of the molecule is O=C(O)N1[C@@H](C2CCCO2)COS1=O. The van der Waals surface area contributed by atoms with Gasteiger partial charge in [0, 0.05) is 6.61 Å². The maximum atomic E-state index is 11.2. The molecule has 0 saturated carbocycles. The molecule has 80 valence electrons. The minimum Gasteiger partial charge on any atom is -0.464 e. The van der Waals surface area contributed by atoms with E-state index in [9.17, 15) is 9.00 Å². The van der Waals surface area contributed by atoms with E-state index < -0.39 is 23.4 Å². The molecule has 0 bridgehead atoms. The highest BCUT2D eigenvalue weighted by atomic mass is 32.2. The molecule has 1 amide bonds. The Morgan fingerprint density at radius 3 is 2.93 bits per heavy atom. The van der Waals surface area contributed by atoms with Crippen molar-refractivity contribution in [3.63, 3.8) is 0 Å². The lowest BCUT2D eigenvalue weighted by Gasteiger charge is -2.21. The molecule has 0 aliphatic carbocycles. The molecule has 0 spiro atoms. The van der Waals surface area contributed by atoms with E-state index in [0.29, 0.717) is 6.61 Å². The number of carboxylic acid groups (broad SMARTS) is 1. The molecule has 1 N–H and O–H groups in total. The first-order chi connectivity index (χ1) is 6.70. The summed E-state index contributed by atoms with van der Waals surface area (Å²) in [4.78, 5) is 10.8. The Labute approximate surface area is 83.6 Å². The van der Waals surface area contributed by atoms with Crippen LogP contribution in [0.15, 0.2) is 0 Å². The van der Waals surface area contributed by atoms with Crippen LogP contribution in [-0.2, 0) is 20.2 Å². The summed E-state index contributed by atoms with van der Waals surface area (Å²) in [7, 11) is 0. The lowest BCUT2D eigenvalue weighted by atomic mass is 10.1. The summed E-state index contributed by atoms with van der Waals surface area (Å²) in [6.45, 7) is 0.796. The van der Waals surface area contributed by atoms with Gasteiger partial charge in [-0.3, -0.25) is 4.18 Å². The van der Waals surface area contributed by atoms with Crippen LogP contribution in [0.3, 0.4) is 0 Å². The summed E-state index contributed by atoms with van der Waals surface area (Å²) < 4.78 is 22.1. The Bertz CT molecular complexity index is 265. The van der Waals surface area contributed by atoms with E-state index in [-0.39, 0.29) is 12.7 Å². The number of nitrogens with zero attached hydrogens (tertiary/aromatic N) is 1.